The third-order valence-corrected chi connectivity index (χ3v) is 8.07. The van der Waals surface area contributed by atoms with Crippen LogP contribution in [0.5, 0.6) is 0 Å². The molecule has 0 radical (unpaired) electrons. The summed E-state index contributed by atoms with van der Waals surface area (Å²) >= 11 is 0. The van der Waals surface area contributed by atoms with Gasteiger partial charge in [0, 0.05) is 29.8 Å². The molecule has 11 nitrogen and oxygen atoms in total. The Bertz CT molecular complexity index is 1030. The van der Waals surface area contributed by atoms with Gasteiger partial charge in [-0.15, -0.1) is 0 Å². The quantitative estimate of drug-likeness (QED) is 0.405. The Morgan fingerprint density at radius 3 is 2.32 bits per heavy atom. The van der Waals surface area contributed by atoms with E-state index in [0.717, 1.165) is 0 Å². The Morgan fingerprint density at radius 1 is 1.08 bits per heavy atom. The van der Waals surface area contributed by atoms with Crippen molar-refractivity contribution in [2.75, 3.05) is 13.1 Å². The minimum atomic E-state index is -1.03. The summed E-state index contributed by atoms with van der Waals surface area (Å²) in [5.74, 6) is -2.56. The first-order chi connectivity index (χ1) is 17.6. The average Bonchev–Trinajstić information content (AvgIpc) is 3.43. The van der Waals surface area contributed by atoms with E-state index in [-0.39, 0.29) is 43.0 Å². The predicted molar refractivity (Wildman–Crippen MR) is 139 cm³/mol. The third-order valence-electron chi connectivity index (χ3n) is 8.07. The molecule has 6 atom stereocenters. The van der Waals surface area contributed by atoms with Crippen molar-refractivity contribution in [3.8, 4) is 6.07 Å². The number of fused-ring (bicyclic) bond motifs is 3. The number of hydrogen-bond donors (Lipinski definition) is 4. The Labute approximate surface area is 224 Å². The van der Waals surface area contributed by atoms with Crippen LogP contribution in [-0.2, 0) is 24.0 Å². The molecule has 0 saturated carbocycles. The van der Waals surface area contributed by atoms with Crippen LogP contribution in [0.3, 0.4) is 0 Å². The number of nitrogens with zero attached hydrogens (tertiary/aromatic N) is 2. The molecule has 0 aliphatic carbocycles. The molecule has 3 fully saturated rings. The Morgan fingerprint density at radius 2 is 1.74 bits per heavy atom. The maximum atomic E-state index is 14.2. The molecule has 11 heteroatoms. The first-order valence-electron chi connectivity index (χ1n) is 13.5. The van der Waals surface area contributed by atoms with Crippen molar-refractivity contribution in [3.63, 3.8) is 0 Å². The van der Waals surface area contributed by atoms with Gasteiger partial charge in [-0.3, -0.25) is 24.0 Å². The normalized spacial score (nSPS) is 32.3. The van der Waals surface area contributed by atoms with Crippen LogP contribution in [0.1, 0.15) is 67.7 Å². The van der Waals surface area contributed by atoms with Crippen molar-refractivity contribution in [1.29, 1.82) is 5.26 Å². The highest BCUT2D eigenvalue weighted by atomic mass is 16.2. The van der Waals surface area contributed by atoms with Crippen LogP contribution in [0, 0.1) is 39.9 Å². The molecule has 0 aromatic heterocycles. The van der Waals surface area contributed by atoms with Crippen LogP contribution < -0.4 is 21.3 Å². The second-order valence-corrected chi connectivity index (χ2v) is 13.0. The fourth-order valence-corrected chi connectivity index (χ4v) is 5.54. The van der Waals surface area contributed by atoms with E-state index in [0.29, 0.717) is 13.0 Å². The molecule has 3 aliphatic rings. The predicted octanol–water partition coefficient (Wildman–Crippen LogP) is 0.450. The highest BCUT2D eigenvalue weighted by Crippen LogP contribution is 2.34. The number of rotatable bonds is 2. The molecule has 0 unspecified atom stereocenters. The Balaban J connectivity index is 2.06. The fraction of sp³-hybridized carbons (Fsp3) is 0.778. The molecular formula is C27H42N6O5. The van der Waals surface area contributed by atoms with E-state index in [1.165, 1.54) is 4.90 Å². The lowest BCUT2D eigenvalue weighted by atomic mass is 9.81. The molecule has 3 saturated heterocycles. The third kappa shape index (κ3) is 6.11. The topological polar surface area (TPSA) is 160 Å². The summed E-state index contributed by atoms with van der Waals surface area (Å²) in [5, 5.41) is 21.0. The molecule has 3 heterocycles. The zero-order chi connectivity index (χ0) is 28.6. The van der Waals surface area contributed by atoms with Gasteiger partial charge in [0.05, 0.1) is 6.07 Å². The summed E-state index contributed by atoms with van der Waals surface area (Å²) in [6.07, 6.45) is 0.871. The number of hydrogen-bond acceptors (Lipinski definition) is 6. The van der Waals surface area contributed by atoms with Crippen molar-refractivity contribution >= 4 is 29.5 Å². The summed E-state index contributed by atoms with van der Waals surface area (Å²) in [7, 11) is 0. The van der Waals surface area contributed by atoms with Gasteiger partial charge in [-0.2, -0.15) is 5.26 Å². The molecule has 3 aliphatic heterocycles. The molecule has 38 heavy (non-hydrogen) atoms. The van der Waals surface area contributed by atoms with Crippen LogP contribution in [0.25, 0.3) is 0 Å². The van der Waals surface area contributed by atoms with Gasteiger partial charge in [0.2, 0.25) is 29.5 Å². The van der Waals surface area contributed by atoms with E-state index in [2.05, 4.69) is 27.3 Å². The van der Waals surface area contributed by atoms with Gasteiger partial charge in [-0.05, 0) is 31.1 Å². The van der Waals surface area contributed by atoms with E-state index in [1.807, 2.05) is 13.8 Å². The molecular weight excluding hydrogens is 488 g/mol. The smallest absolute Gasteiger partial charge is 0.246 e. The highest BCUT2D eigenvalue weighted by molar-refractivity contribution is 5.95. The zero-order valence-corrected chi connectivity index (χ0v) is 23.5. The number of carbonyl (C=O) groups excluding carboxylic acids is 5. The van der Waals surface area contributed by atoms with E-state index >= 15 is 0 Å². The van der Waals surface area contributed by atoms with E-state index in [9.17, 15) is 29.2 Å². The lowest BCUT2D eigenvalue weighted by molar-refractivity contribution is -0.146. The molecule has 3 rings (SSSR count). The van der Waals surface area contributed by atoms with Gasteiger partial charge < -0.3 is 26.2 Å². The average molecular weight is 531 g/mol. The minimum Gasteiger partial charge on any atom is -0.354 e. The SMILES string of the molecule is CC(C)[C@H]1CCN2C(=O)[C@@H](NC(=O)C(C)(C)C)C(C)(C)CNC(=O)[C@@H]3C[C@H](C[C@@H](C#N)NC(=O)[C@H]12)C(=O)N3. The van der Waals surface area contributed by atoms with Crippen LogP contribution >= 0.6 is 0 Å². The largest absolute Gasteiger partial charge is 0.354 e. The molecule has 210 valence electrons. The standard InChI is InChI=1S/C27H42N6O5/c1-14(2)17-8-9-33-19(17)23(36)30-16(12-28)10-15-11-18(31-21(15)34)22(35)29-13-27(6,7)20(24(33)37)32-25(38)26(3,4)5/h14-20H,8-11,13H2,1-7H3,(H,29,35)(H,30,36)(H,31,34)(H,32,38)/t15-,16-,17+,18-,19-,20+/m0/s1. The van der Waals surface area contributed by atoms with Crippen molar-refractivity contribution in [1.82, 2.24) is 26.2 Å². The number of carbonyl (C=O) groups is 5. The number of amides is 5. The van der Waals surface area contributed by atoms with E-state index < -0.39 is 58.6 Å². The van der Waals surface area contributed by atoms with Gasteiger partial charge in [-0.25, -0.2) is 0 Å². The van der Waals surface area contributed by atoms with Gasteiger partial charge in [-0.1, -0.05) is 48.5 Å². The van der Waals surface area contributed by atoms with Gasteiger partial charge in [0.25, 0.3) is 0 Å². The minimum absolute atomic E-state index is 0.0584. The summed E-state index contributed by atoms with van der Waals surface area (Å²) < 4.78 is 0. The Kier molecular flexibility index (Phi) is 8.44. The van der Waals surface area contributed by atoms with Crippen LogP contribution in [0.4, 0.5) is 0 Å². The fourth-order valence-electron chi connectivity index (χ4n) is 5.54. The second-order valence-electron chi connectivity index (χ2n) is 13.0. The maximum absolute atomic E-state index is 14.2. The van der Waals surface area contributed by atoms with Crippen LogP contribution in [0.2, 0.25) is 0 Å². The van der Waals surface area contributed by atoms with Gasteiger partial charge >= 0.3 is 0 Å². The summed E-state index contributed by atoms with van der Waals surface area (Å²) in [6.45, 7) is 13.2. The molecule has 0 aromatic carbocycles. The van der Waals surface area contributed by atoms with E-state index in [1.54, 1.807) is 34.6 Å². The number of nitrogens with one attached hydrogen (secondary N) is 4. The summed E-state index contributed by atoms with van der Waals surface area (Å²) in [6, 6.07) is -1.52. The monoisotopic (exact) mass is 530 g/mol. The summed E-state index contributed by atoms with van der Waals surface area (Å²) in [5.41, 5.74) is -1.70. The molecule has 0 spiro atoms. The maximum Gasteiger partial charge on any atom is 0.246 e. The first kappa shape index (κ1) is 29.4. The molecule has 0 aromatic rings. The molecule has 5 amide bonds. The lowest BCUT2D eigenvalue weighted by Gasteiger charge is -2.39. The Hall–Kier alpha value is -3.16. The van der Waals surface area contributed by atoms with Crippen LogP contribution in [0.15, 0.2) is 0 Å². The second kappa shape index (κ2) is 10.9. The summed E-state index contributed by atoms with van der Waals surface area (Å²) in [4.78, 5) is 67.9. The lowest BCUT2D eigenvalue weighted by Crippen LogP contribution is -2.62. The van der Waals surface area contributed by atoms with Crippen molar-refractivity contribution in [2.24, 2.45) is 28.6 Å². The zero-order valence-electron chi connectivity index (χ0n) is 23.5. The van der Waals surface area contributed by atoms with Gasteiger partial charge in [0.1, 0.15) is 24.2 Å². The molecule has 2 bridgehead atoms. The van der Waals surface area contributed by atoms with E-state index in [4.69, 9.17) is 0 Å². The first-order valence-corrected chi connectivity index (χ1v) is 13.5. The highest BCUT2D eigenvalue weighted by Gasteiger charge is 2.49. The van der Waals surface area contributed by atoms with Crippen molar-refractivity contribution < 1.29 is 24.0 Å². The van der Waals surface area contributed by atoms with Crippen LogP contribution in [-0.4, -0.2) is 71.7 Å². The molecule has 4 N–H and O–H groups in total. The van der Waals surface area contributed by atoms with Crippen molar-refractivity contribution in [3.05, 3.63) is 0 Å². The number of nitriles is 1. The van der Waals surface area contributed by atoms with Gasteiger partial charge in [0.15, 0.2) is 0 Å². The van der Waals surface area contributed by atoms with Crippen molar-refractivity contribution in [2.45, 2.75) is 91.9 Å².